The zero-order valence-electron chi connectivity index (χ0n) is 11.2. The standard InChI is InChI=1S/C13H18N4OS/c1-9-6-17(7-10(2)14-9)8-12-15-13(18-16-12)11-4-3-5-19-11/h3-5,9-10,14H,6-8H2,1-2H3. The van der Waals surface area contributed by atoms with Crippen molar-refractivity contribution in [1.29, 1.82) is 0 Å². The number of nitrogens with one attached hydrogen (secondary N) is 1. The smallest absolute Gasteiger partial charge is 0.268 e. The molecule has 1 aliphatic heterocycles. The van der Waals surface area contributed by atoms with E-state index in [1.807, 2.05) is 17.5 Å². The Hall–Kier alpha value is -1.24. The molecule has 2 aromatic rings. The molecule has 0 radical (unpaired) electrons. The van der Waals surface area contributed by atoms with Gasteiger partial charge in [-0.25, -0.2) is 0 Å². The minimum Gasteiger partial charge on any atom is -0.333 e. The van der Waals surface area contributed by atoms with E-state index in [0.29, 0.717) is 18.0 Å². The van der Waals surface area contributed by atoms with Gasteiger partial charge in [-0.2, -0.15) is 4.98 Å². The van der Waals surface area contributed by atoms with Gasteiger partial charge in [0.05, 0.1) is 11.4 Å². The second-order valence-corrected chi connectivity index (χ2v) is 6.10. The minimum atomic E-state index is 0.507. The van der Waals surface area contributed by atoms with Gasteiger partial charge in [-0.05, 0) is 25.3 Å². The molecule has 6 heteroatoms. The van der Waals surface area contributed by atoms with Gasteiger partial charge in [-0.15, -0.1) is 11.3 Å². The molecule has 3 heterocycles. The fraction of sp³-hybridized carbons (Fsp3) is 0.538. The topological polar surface area (TPSA) is 54.2 Å². The molecule has 2 aromatic heterocycles. The molecule has 0 amide bonds. The summed E-state index contributed by atoms with van der Waals surface area (Å²) in [7, 11) is 0. The number of thiophene rings is 1. The molecule has 3 rings (SSSR count). The van der Waals surface area contributed by atoms with E-state index in [2.05, 4.69) is 34.2 Å². The number of nitrogens with zero attached hydrogens (tertiary/aromatic N) is 3. The van der Waals surface area contributed by atoms with Crippen LogP contribution < -0.4 is 5.32 Å². The summed E-state index contributed by atoms with van der Waals surface area (Å²) in [6.07, 6.45) is 0. The number of aromatic nitrogens is 2. The van der Waals surface area contributed by atoms with Crippen LogP contribution in [0.2, 0.25) is 0 Å². The fourth-order valence-corrected chi connectivity index (χ4v) is 3.23. The minimum absolute atomic E-state index is 0.507. The highest BCUT2D eigenvalue weighted by molar-refractivity contribution is 7.13. The van der Waals surface area contributed by atoms with Crippen LogP contribution in [0.15, 0.2) is 22.0 Å². The normalized spacial score (nSPS) is 24.7. The largest absolute Gasteiger partial charge is 0.333 e. The molecule has 2 unspecified atom stereocenters. The molecule has 0 bridgehead atoms. The van der Waals surface area contributed by atoms with E-state index in [0.717, 1.165) is 30.3 Å². The van der Waals surface area contributed by atoms with Crippen LogP contribution >= 0.6 is 11.3 Å². The Kier molecular flexibility index (Phi) is 3.63. The summed E-state index contributed by atoms with van der Waals surface area (Å²) in [5, 5.41) is 9.61. The average molecular weight is 278 g/mol. The maximum Gasteiger partial charge on any atom is 0.268 e. The van der Waals surface area contributed by atoms with E-state index in [-0.39, 0.29) is 0 Å². The quantitative estimate of drug-likeness (QED) is 0.930. The molecular formula is C13H18N4OS. The van der Waals surface area contributed by atoms with Crippen LogP contribution in [0.3, 0.4) is 0 Å². The molecule has 5 nitrogen and oxygen atoms in total. The highest BCUT2D eigenvalue weighted by atomic mass is 32.1. The van der Waals surface area contributed by atoms with Gasteiger partial charge in [0.2, 0.25) is 0 Å². The summed E-state index contributed by atoms with van der Waals surface area (Å²) in [6.45, 7) is 7.21. The van der Waals surface area contributed by atoms with Crippen molar-refractivity contribution in [3.63, 3.8) is 0 Å². The third-order valence-corrected chi connectivity index (χ3v) is 4.06. The first kappa shape index (κ1) is 12.8. The van der Waals surface area contributed by atoms with Crippen LogP contribution in [0.5, 0.6) is 0 Å². The molecule has 0 aromatic carbocycles. The van der Waals surface area contributed by atoms with Gasteiger partial charge in [0.25, 0.3) is 5.89 Å². The molecule has 102 valence electrons. The lowest BCUT2D eigenvalue weighted by Gasteiger charge is -2.35. The summed E-state index contributed by atoms with van der Waals surface area (Å²) in [5.41, 5.74) is 0. The van der Waals surface area contributed by atoms with Gasteiger partial charge in [0.15, 0.2) is 5.82 Å². The Labute approximate surface area is 116 Å². The van der Waals surface area contributed by atoms with Crippen molar-refractivity contribution < 1.29 is 4.52 Å². The lowest BCUT2D eigenvalue weighted by atomic mass is 10.1. The Bertz CT molecular complexity index is 514. The summed E-state index contributed by atoms with van der Waals surface area (Å²) in [4.78, 5) is 7.87. The summed E-state index contributed by atoms with van der Waals surface area (Å²) < 4.78 is 5.31. The van der Waals surface area contributed by atoms with Crippen molar-refractivity contribution in [3.8, 4) is 10.8 Å². The number of rotatable bonds is 3. The highest BCUT2D eigenvalue weighted by Crippen LogP contribution is 2.22. The van der Waals surface area contributed by atoms with Gasteiger partial charge in [-0.3, -0.25) is 4.90 Å². The van der Waals surface area contributed by atoms with Crippen LogP contribution in [0.4, 0.5) is 0 Å². The third-order valence-electron chi connectivity index (χ3n) is 3.20. The summed E-state index contributed by atoms with van der Waals surface area (Å²) >= 11 is 1.62. The van der Waals surface area contributed by atoms with Crippen LogP contribution in [0.1, 0.15) is 19.7 Å². The lowest BCUT2D eigenvalue weighted by Crippen LogP contribution is -2.53. The Morgan fingerprint density at radius 2 is 2.21 bits per heavy atom. The zero-order chi connectivity index (χ0) is 13.2. The second kappa shape index (κ2) is 5.40. The van der Waals surface area contributed by atoms with Crippen molar-refractivity contribution in [2.24, 2.45) is 0 Å². The fourth-order valence-electron chi connectivity index (χ4n) is 2.59. The molecule has 1 N–H and O–H groups in total. The number of piperazine rings is 1. The highest BCUT2D eigenvalue weighted by Gasteiger charge is 2.22. The van der Waals surface area contributed by atoms with E-state index in [9.17, 15) is 0 Å². The Morgan fingerprint density at radius 3 is 2.89 bits per heavy atom. The van der Waals surface area contributed by atoms with Crippen LogP contribution in [-0.2, 0) is 6.54 Å². The molecular weight excluding hydrogens is 260 g/mol. The first-order valence-electron chi connectivity index (χ1n) is 6.55. The van der Waals surface area contributed by atoms with Crippen LogP contribution in [0, 0.1) is 0 Å². The van der Waals surface area contributed by atoms with E-state index in [1.54, 1.807) is 11.3 Å². The maximum absolute atomic E-state index is 5.31. The van der Waals surface area contributed by atoms with Crippen molar-refractivity contribution in [2.75, 3.05) is 13.1 Å². The monoisotopic (exact) mass is 278 g/mol. The molecule has 19 heavy (non-hydrogen) atoms. The van der Waals surface area contributed by atoms with Crippen molar-refractivity contribution >= 4 is 11.3 Å². The van der Waals surface area contributed by atoms with Gasteiger partial charge in [0.1, 0.15) is 0 Å². The predicted octanol–water partition coefficient (Wildman–Crippen LogP) is 1.98. The first-order valence-corrected chi connectivity index (χ1v) is 7.43. The van der Waals surface area contributed by atoms with E-state index >= 15 is 0 Å². The van der Waals surface area contributed by atoms with E-state index < -0.39 is 0 Å². The Balaban J connectivity index is 1.67. The molecule has 2 atom stereocenters. The first-order chi connectivity index (χ1) is 9.20. The second-order valence-electron chi connectivity index (χ2n) is 5.16. The molecule has 1 aliphatic rings. The molecule has 1 saturated heterocycles. The predicted molar refractivity (Wildman–Crippen MR) is 74.9 cm³/mol. The van der Waals surface area contributed by atoms with Gasteiger partial charge in [-0.1, -0.05) is 11.2 Å². The number of hydrogen-bond donors (Lipinski definition) is 1. The zero-order valence-corrected chi connectivity index (χ0v) is 12.0. The molecule has 0 aliphatic carbocycles. The van der Waals surface area contributed by atoms with Gasteiger partial charge in [0, 0.05) is 25.2 Å². The SMILES string of the molecule is CC1CN(Cc2noc(-c3cccs3)n2)CC(C)N1. The van der Waals surface area contributed by atoms with Gasteiger partial charge < -0.3 is 9.84 Å². The number of hydrogen-bond acceptors (Lipinski definition) is 6. The third kappa shape index (κ3) is 3.02. The summed E-state index contributed by atoms with van der Waals surface area (Å²) in [5.74, 6) is 1.39. The van der Waals surface area contributed by atoms with Crippen molar-refractivity contribution in [2.45, 2.75) is 32.5 Å². The van der Waals surface area contributed by atoms with Crippen LogP contribution in [0.25, 0.3) is 10.8 Å². The van der Waals surface area contributed by atoms with E-state index in [4.69, 9.17) is 4.52 Å². The molecule has 0 saturated carbocycles. The maximum atomic E-state index is 5.31. The molecule has 1 fully saturated rings. The Morgan fingerprint density at radius 1 is 1.42 bits per heavy atom. The lowest BCUT2D eigenvalue weighted by molar-refractivity contribution is 0.161. The van der Waals surface area contributed by atoms with Crippen molar-refractivity contribution in [1.82, 2.24) is 20.4 Å². The summed E-state index contributed by atoms with van der Waals surface area (Å²) in [6, 6.07) is 5.00. The average Bonchev–Trinajstić information content (AvgIpc) is 2.96. The molecule has 0 spiro atoms. The van der Waals surface area contributed by atoms with Gasteiger partial charge >= 0.3 is 0 Å². The van der Waals surface area contributed by atoms with Crippen molar-refractivity contribution in [3.05, 3.63) is 23.3 Å². The van der Waals surface area contributed by atoms with E-state index in [1.165, 1.54) is 0 Å². The van der Waals surface area contributed by atoms with Crippen LogP contribution in [-0.4, -0.2) is 40.2 Å².